The molecule has 19 heavy (non-hydrogen) atoms. The number of carbonyl (C=O) groups is 1. The van der Waals surface area contributed by atoms with Crippen molar-refractivity contribution >= 4 is 5.91 Å². The van der Waals surface area contributed by atoms with Gasteiger partial charge in [0, 0.05) is 17.1 Å². The first-order valence-electron chi connectivity index (χ1n) is 7.41. The van der Waals surface area contributed by atoms with Crippen LogP contribution in [0.15, 0.2) is 0 Å². The highest BCUT2D eigenvalue weighted by atomic mass is 16.2. The first-order valence-corrected chi connectivity index (χ1v) is 7.41. The van der Waals surface area contributed by atoms with Crippen molar-refractivity contribution in [3.05, 3.63) is 0 Å². The first-order chi connectivity index (χ1) is 8.56. The summed E-state index contributed by atoms with van der Waals surface area (Å²) in [5.74, 6) is 0.218. The van der Waals surface area contributed by atoms with Crippen molar-refractivity contribution in [3.63, 3.8) is 0 Å². The quantitative estimate of drug-likeness (QED) is 0.729. The van der Waals surface area contributed by atoms with Gasteiger partial charge in [-0.15, -0.1) is 0 Å². The van der Waals surface area contributed by atoms with Crippen LogP contribution in [-0.2, 0) is 4.79 Å². The Balaban J connectivity index is 2.64. The van der Waals surface area contributed by atoms with E-state index >= 15 is 0 Å². The smallest absolute Gasteiger partial charge is 0.237 e. The average Bonchev–Trinajstić information content (AvgIpc) is 2.22. The molecule has 4 N–H and O–H groups in total. The van der Waals surface area contributed by atoms with Crippen molar-refractivity contribution in [1.29, 1.82) is 0 Å². The Morgan fingerprint density at radius 2 is 1.79 bits per heavy atom. The molecular formula is C15H31N3O. The van der Waals surface area contributed by atoms with Gasteiger partial charge in [0.05, 0.1) is 6.04 Å². The van der Waals surface area contributed by atoms with Crippen LogP contribution < -0.4 is 16.4 Å². The number of amides is 1. The lowest BCUT2D eigenvalue weighted by molar-refractivity contribution is -0.124. The van der Waals surface area contributed by atoms with Crippen LogP contribution in [0.4, 0.5) is 0 Å². The number of hydrogen-bond donors (Lipinski definition) is 3. The summed E-state index contributed by atoms with van der Waals surface area (Å²) in [6.45, 7) is 12.8. The Morgan fingerprint density at radius 1 is 1.32 bits per heavy atom. The van der Waals surface area contributed by atoms with Crippen LogP contribution in [0.1, 0.15) is 60.8 Å². The molecule has 1 heterocycles. The first kappa shape index (κ1) is 16.4. The molecule has 0 aromatic heterocycles. The predicted molar refractivity (Wildman–Crippen MR) is 79.9 cm³/mol. The summed E-state index contributed by atoms with van der Waals surface area (Å²) in [5, 5.41) is 6.76. The third-order valence-corrected chi connectivity index (χ3v) is 4.10. The zero-order valence-corrected chi connectivity index (χ0v) is 13.3. The number of nitrogens with two attached hydrogens (primary N) is 1. The summed E-state index contributed by atoms with van der Waals surface area (Å²) in [7, 11) is 0. The molecular weight excluding hydrogens is 238 g/mol. The van der Waals surface area contributed by atoms with Gasteiger partial charge >= 0.3 is 0 Å². The molecule has 0 radical (unpaired) electrons. The van der Waals surface area contributed by atoms with Gasteiger partial charge < -0.3 is 16.4 Å². The summed E-state index contributed by atoms with van der Waals surface area (Å²) in [6, 6.07) is -0.194. The van der Waals surface area contributed by atoms with E-state index < -0.39 is 6.04 Å². The summed E-state index contributed by atoms with van der Waals surface area (Å²) in [5.41, 5.74) is 6.08. The van der Waals surface area contributed by atoms with Crippen LogP contribution in [-0.4, -0.2) is 29.1 Å². The van der Waals surface area contributed by atoms with Crippen LogP contribution >= 0.6 is 0 Å². The summed E-state index contributed by atoms with van der Waals surface area (Å²) < 4.78 is 0. The van der Waals surface area contributed by atoms with E-state index in [0.29, 0.717) is 0 Å². The number of hydrogen-bond acceptors (Lipinski definition) is 3. The Labute approximate surface area is 117 Å². The van der Waals surface area contributed by atoms with Crippen LogP contribution in [0, 0.1) is 5.92 Å². The summed E-state index contributed by atoms with van der Waals surface area (Å²) in [6.07, 6.45) is 2.81. The van der Waals surface area contributed by atoms with E-state index in [1.54, 1.807) is 0 Å². The normalized spacial score (nSPS) is 25.6. The molecule has 1 saturated heterocycles. The van der Waals surface area contributed by atoms with Gasteiger partial charge in [-0.1, -0.05) is 20.3 Å². The maximum Gasteiger partial charge on any atom is 0.237 e. The van der Waals surface area contributed by atoms with Crippen molar-refractivity contribution in [3.8, 4) is 0 Å². The predicted octanol–water partition coefficient (Wildman–Crippen LogP) is 1.79. The Bertz CT molecular complexity index is 309. The molecule has 0 spiro atoms. The minimum absolute atomic E-state index is 0.00662. The average molecular weight is 269 g/mol. The van der Waals surface area contributed by atoms with Crippen molar-refractivity contribution in [2.75, 3.05) is 0 Å². The lowest BCUT2D eigenvalue weighted by Crippen LogP contribution is -2.63. The fraction of sp³-hybridized carbons (Fsp3) is 0.933. The van der Waals surface area contributed by atoms with E-state index in [0.717, 1.165) is 19.3 Å². The molecule has 4 heteroatoms. The van der Waals surface area contributed by atoms with E-state index in [1.807, 2.05) is 6.92 Å². The van der Waals surface area contributed by atoms with Crippen molar-refractivity contribution in [2.45, 2.75) is 84.0 Å². The molecule has 1 aliphatic heterocycles. The third-order valence-electron chi connectivity index (χ3n) is 4.10. The van der Waals surface area contributed by atoms with Crippen LogP contribution in [0.5, 0.6) is 0 Å². The molecule has 0 aliphatic carbocycles. The largest absolute Gasteiger partial charge is 0.352 e. The van der Waals surface area contributed by atoms with Gasteiger partial charge in [-0.2, -0.15) is 0 Å². The molecule has 0 aromatic carbocycles. The topological polar surface area (TPSA) is 67.2 Å². The highest BCUT2D eigenvalue weighted by Crippen LogP contribution is 2.28. The minimum atomic E-state index is -0.397. The second-order valence-electron chi connectivity index (χ2n) is 7.42. The maximum absolute atomic E-state index is 12.2. The molecule has 1 aliphatic rings. The van der Waals surface area contributed by atoms with Crippen LogP contribution in [0.3, 0.4) is 0 Å². The van der Waals surface area contributed by atoms with E-state index in [9.17, 15) is 4.79 Å². The zero-order valence-electron chi connectivity index (χ0n) is 13.3. The highest BCUT2D eigenvalue weighted by molar-refractivity contribution is 5.82. The van der Waals surface area contributed by atoms with Gasteiger partial charge in [-0.3, -0.25) is 4.79 Å². The Kier molecular flexibility index (Phi) is 5.02. The Hall–Kier alpha value is -0.610. The van der Waals surface area contributed by atoms with Crippen molar-refractivity contribution in [1.82, 2.24) is 10.6 Å². The molecule has 2 atom stereocenters. The van der Waals surface area contributed by atoms with Gasteiger partial charge in [0.15, 0.2) is 0 Å². The highest BCUT2D eigenvalue weighted by Gasteiger charge is 2.38. The van der Waals surface area contributed by atoms with Crippen LogP contribution in [0.25, 0.3) is 0 Å². The van der Waals surface area contributed by atoms with E-state index in [2.05, 4.69) is 45.3 Å². The molecule has 1 fully saturated rings. The SMILES string of the molecule is CC[C@H](C)[C@H](N)C(=O)NC1CC(C)(C)NC(C)(C)C1. The van der Waals surface area contributed by atoms with Gasteiger partial charge in [0.1, 0.15) is 0 Å². The molecule has 112 valence electrons. The fourth-order valence-corrected chi connectivity index (χ4v) is 3.23. The molecule has 0 aromatic rings. The molecule has 4 nitrogen and oxygen atoms in total. The maximum atomic E-state index is 12.2. The molecule has 0 unspecified atom stereocenters. The third kappa shape index (κ3) is 4.77. The summed E-state index contributed by atoms with van der Waals surface area (Å²) >= 11 is 0. The van der Waals surface area contributed by atoms with Crippen molar-refractivity contribution < 1.29 is 4.79 Å². The molecule has 1 amide bonds. The van der Waals surface area contributed by atoms with E-state index in [1.165, 1.54) is 0 Å². The van der Waals surface area contributed by atoms with E-state index in [-0.39, 0.29) is 28.9 Å². The Morgan fingerprint density at radius 3 is 2.21 bits per heavy atom. The zero-order chi connectivity index (χ0) is 14.8. The van der Waals surface area contributed by atoms with Crippen molar-refractivity contribution in [2.24, 2.45) is 11.7 Å². The lowest BCUT2D eigenvalue weighted by Gasteiger charge is -2.46. The number of carbonyl (C=O) groups excluding carboxylic acids is 1. The number of nitrogens with one attached hydrogen (secondary N) is 2. The molecule has 0 saturated carbocycles. The van der Waals surface area contributed by atoms with Crippen LogP contribution in [0.2, 0.25) is 0 Å². The molecule has 1 rings (SSSR count). The fourth-order valence-electron chi connectivity index (χ4n) is 3.23. The number of rotatable bonds is 4. The minimum Gasteiger partial charge on any atom is -0.352 e. The number of piperidine rings is 1. The van der Waals surface area contributed by atoms with Gasteiger partial charge in [0.2, 0.25) is 5.91 Å². The molecule has 0 bridgehead atoms. The van der Waals surface area contributed by atoms with E-state index in [4.69, 9.17) is 5.73 Å². The standard InChI is InChI=1S/C15H31N3O/c1-7-10(2)12(16)13(19)17-11-8-14(3,4)18-15(5,6)9-11/h10-12,18H,7-9,16H2,1-6H3,(H,17,19)/t10-,12-/m0/s1. The second kappa shape index (κ2) is 5.80. The van der Waals surface area contributed by atoms with Gasteiger partial charge in [0.25, 0.3) is 0 Å². The monoisotopic (exact) mass is 269 g/mol. The van der Waals surface area contributed by atoms with Gasteiger partial charge in [-0.05, 0) is 46.5 Å². The van der Waals surface area contributed by atoms with Gasteiger partial charge in [-0.25, -0.2) is 0 Å². The summed E-state index contributed by atoms with van der Waals surface area (Å²) in [4.78, 5) is 12.2. The second-order valence-corrected chi connectivity index (χ2v) is 7.42. The lowest BCUT2D eigenvalue weighted by atomic mass is 9.79.